The van der Waals surface area contributed by atoms with Crippen LogP contribution in [-0.4, -0.2) is 61.6 Å². The van der Waals surface area contributed by atoms with Gasteiger partial charge in [0.2, 0.25) is 10.0 Å². The summed E-state index contributed by atoms with van der Waals surface area (Å²) in [6.07, 6.45) is 4.06. The molecule has 1 aromatic carbocycles. The molecule has 9 nitrogen and oxygen atoms in total. The molecule has 0 bridgehead atoms. The second-order valence-electron chi connectivity index (χ2n) is 6.79. The van der Waals surface area contributed by atoms with Crippen molar-refractivity contribution in [1.82, 2.24) is 4.31 Å². The maximum absolute atomic E-state index is 12.7. The van der Waals surface area contributed by atoms with Gasteiger partial charge in [-0.3, -0.25) is 9.79 Å². The molecule has 0 spiro atoms. The molecule has 0 aliphatic carbocycles. The molecule has 3 N–H and O–H groups in total. The molecule has 0 unspecified atom stereocenters. The molecule has 0 atom stereocenters. The van der Waals surface area contributed by atoms with Gasteiger partial charge in [-0.05, 0) is 38.5 Å². The number of nitrogens with two attached hydrogens (primary N) is 1. The Morgan fingerprint density at radius 3 is 2.67 bits per heavy atom. The highest BCUT2D eigenvalue weighted by molar-refractivity contribution is 7.89. The molecule has 30 heavy (non-hydrogen) atoms. The minimum absolute atomic E-state index is 0.0191. The minimum Gasteiger partial charge on any atom is -0.493 e. The van der Waals surface area contributed by atoms with Crippen molar-refractivity contribution in [2.75, 3.05) is 19.7 Å². The number of allylic oxidation sites excluding steroid dienone is 1. The van der Waals surface area contributed by atoms with Crippen LogP contribution in [-0.2, 0) is 14.8 Å². The molecule has 1 heterocycles. The molecule has 1 aliphatic heterocycles. The van der Waals surface area contributed by atoms with Crippen LogP contribution in [0.5, 0.6) is 5.75 Å². The van der Waals surface area contributed by atoms with Gasteiger partial charge in [0.15, 0.2) is 0 Å². The highest BCUT2D eigenvalue weighted by Gasteiger charge is 2.36. The summed E-state index contributed by atoms with van der Waals surface area (Å²) in [4.78, 5) is 20.2. The zero-order valence-electron chi connectivity index (χ0n) is 17.4. The van der Waals surface area contributed by atoms with E-state index >= 15 is 0 Å². The fourth-order valence-electron chi connectivity index (χ4n) is 2.68. The Morgan fingerprint density at radius 1 is 1.37 bits per heavy atom. The van der Waals surface area contributed by atoms with Crippen molar-refractivity contribution in [3.8, 4) is 5.75 Å². The summed E-state index contributed by atoms with van der Waals surface area (Å²) < 4.78 is 32.1. The summed E-state index contributed by atoms with van der Waals surface area (Å²) in [5.74, 6) is -0.457. The second-order valence-corrected chi connectivity index (χ2v) is 8.73. The number of β-amino-alcohol motifs (C(OH)–C–C–N with tert-alkyl or cyclic N) is 1. The largest absolute Gasteiger partial charge is 0.493 e. The highest BCUT2D eigenvalue weighted by atomic mass is 32.2. The fraction of sp³-hybridized carbons (Fsp3) is 0.450. The third-order valence-electron chi connectivity index (χ3n) is 4.27. The minimum atomic E-state index is -3.79. The SMILES string of the molecule is CCCC=NC(C)=CC(=O)N=C(N)c1cc(S(=O)(=O)N2CC(O)C2)ccc1OCC. The molecule has 0 radical (unpaired) electrons. The van der Waals surface area contributed by atoms with Crippen LogP contribution in [0.4, 0.5) is 0 Å². The molecule has 1 fully saturated rings. The number of hydrogen-bond acceptors (Lipinski definition) is 6. The first-order valence-electron chi connectivity index (χ1n) is 9.73. The highest BCUT2D eigenvalue weighted by Crippen LogP contribution is 2.27. The number of hydrogen-bond donors (Lipinski definition) is 2. The van der Waals surface area contributed by atoms with E-state index in [0.29, 0.717) is 18.1 Å². The average molecular weight is 437 g/mol. The zero-order valence-corrected chi connectivity index (χ0v) is 18.2. The van der Waals surface area contributed by atoms with E-state index in [1.54, 1.807) is 20.1 Å². The van der Waals surface area contributed by atoms with Crippen LogP contribution >= 0.6 is 0 Å². The molecule has 1 amide bonds. The summed E-state index contributed by atoms with van der Waals surface area (Å²) in [6.45, 7) is 5.87. The van der Waals surface area contributed by atoms with Crippen molar-refractivity contribution < 1.29 is 23.1 Å². The first-order chi connectivity index (χ1) is 14.2. The van der Waals surface area contributed by atoms with E-state index in [0.717, 1.165) is 17.1 Å². The number of amides is 1. The predicted molar refractivity (Wildman–Crippen MR) is 115 cm³/mol. The Hall–Kier alpha value is -2.56. The number of unbranched alkanes of at least 4 members (excludes halogenated alkanes) is 1. The lowest BCUT2D eigenvalue weighted by Crippen LogP contribution is -2.53. The maximum atomic E-state index is 12.7. The van der Waals surface area contributed by atoms with Crippen molar-refractivity contribution >= 4 is 28.0 Å². The monoisotopic (exact) mass is 436 g/mol. The number of aliphatic imine (C=N–C) groups is 2. The number of carbonyl (C=O) groups is 1. The average Bonchev–Trinajstić information content (AvgIpc) is 2.65. The lowest BCUT2D eigenvalue weighted by atomic mass is 10.2. The van der Waals surface area contributed by atoms with Crippen LogP contribution in [0.2, 0.25) is 0 Å². The van der Waals surface area contributed by atoms with Gasteiger partial charge in [-0.25, -0.2) is 8.42 Å². The van der Waals surface area contributed by atoms with Gasteiger partial charge < -0.3 is 15.6 Å². The molecule has 0 saturated carbocycles. The number of benzene rings is 1. The molecule has 10 heteroatoms. The number of carbonyl (C=O) groups excluding carboxylic acids is 1. The lowest BCUT2D eigenvalue weighted by Gasteiger charge is -2.34. The summed E-state index contributed by atoms with van der Waals surface area (Å²) in [7, 11) is -3.79. The third-order valence-corrected chi connectivity index (χ3v) is 6.10. The molecular formula is C20H28N4O5S. The number of sulfonamides is 1. The van der Waals surface area contributed by atoms with Gasteiger partial charge in [-0.15, -0.1) is 0 Å². The summed E-state index contributed by atoms with van der Waals surface area (Å²) in [6, 6.07) is 4.20. The number of amidine groups is 1. The quantitative estimate of drug-likeness (QED) is 0.342. The van der Waals surface area contributed by atoms with Crippen LogP contribution in [0.15, 0.2) is 44.9 Å². The predicted octanol–water partition coefficient (Wildman–Crippen LogP) is 1.46. The smallest absolute Gasteiger partial charge is 0.273 e. The number of rotatable bonds is 9. The zero-order chi connectivity index (χ0) is 22.3. The summed E-state index contributed by atoms with van der Waals surface area (Å²) in [5.41, 5.74) is 6.70. The van der Waals surface area contributed by atoms with Crippen molar-refractivity contribution in [2.45, 2.75) is 44.6 Å². The van der Waals surface area contributed by atoms with Crippen LogP contribution in [0.25, 0.3) is 0 Å². The van der Waals surface area contributed by atoms with Crippen molar-refractivity contribution in [3.63, 3.8) is 0 Å². The number of ether oxygens (including phenoxy) is 1. The topological polar surface area (TPSA) is 135 Å². The number of aliphatic hydroxyl groups excluding tert-OH is 1. The van der Waals surface area contributed by atoms with Crippen LogP contribution in [0.3, 0.4) is 0 Å². The first kappa shape index (κ1) is 23.7. The van der Waals surface area contributed by atoms with E-state index in [2.05, 4.69) is 9.98 Å². The van der Waals surface area contributed by atoms with Gasteiger partial charge in [0.25, 0.3) is 5.91 Å². The van der Waals surface area contributed by atoms with Crippen LogP contribution < -0.4 is 10.5 Å². The number of nitrogens with zero attached hydrogens (tertiary/aromatic N) is 3. The lowest BCUT2D eigenvalue weighted by molar-refractivity contribution is -0.113. The van der Waals surface area contributed by atoms with Gasteiger partial charge in [-0.2, -0.15) is 9.30 Å². The Labute approximate surface area is 177 Å². The Kier molecular flexibility index (Phi) is 8.27. The van der Waals surface area contributed by atoms with Crippen LogP contribution in [0, 0.1) is 0 Å². The Morgan fingerprint density at radius 2 is 2.07 bits per heavy atom. The van der Waals surface area contributed by atoms with Crippen molar-refractivity contribution in [1.29, 1.82) is 0 Å². The normalized spacial score (nSPS) is 16.7. The summed E-state index contributed by atoms with van der Waals surface area (Å²) >= 11 is 0. The van der Waals surface area contributed by atoms with E-state index in [1.807, 2.05) is 6.92 Å². The van der Waals surface area contributed by atoms with Crippen molar-refractivity contribution in [3.05, 3.63) is 35.5 Å². The van der Waals surface area contributed by atoms with Crippen LogP contribution in [0.1, 0.15) is 39.2 Å². The third kappa shape index (κ3) is 5.97. The summed E-state index contributed by atoms with van der Waals surface area (Å²) in [5, 5.41) is 9.41. The van der Waals surface area contributed by atoms with Crippen molar-refractivity contribution in [2.24, 2.45) is 15.7 Å². The molecule has 1 saturated heterocycles. The molecule has 0 aromatic heterocycles. The van der Waals surface area contributed by atoms with E-state index in [4.69, 9.17) is 10.5 Å². The molecule has 1 aliphatic rings. The second kappa shape index (κ2) is 10.5. The standard InChI is InChI=1S/C20H28N4O5S/c1-4-6-9-22-14(3)10-19(26)23-20(21)17-11-16(7-8-18(17)29-5-2)30(27,28)24-12-15(25)13-24/h7-11,15,25H,4-6,12-13H2,1-3H3,(H2,21,23,26). The number of aliphatic hydroxyl groups is 1. The van der Waals surface area contributed by atoms with Gasteiger partial charge in [0.1, 0.15) is 11.6 Å². The maximum Gasteiger partial charge on any atom is 0.273 e. The van der Waals surface area contributed by atoms with Gasteiger partial charge in [0.05, 0.1) is 23.2 Å². The fourth-order valence-corrected chi connectivity index (χ4v) is 4.22. The molecule has 1 aromatic rings. The van der Waals surface area contributed by atoms with E-state index in [9.17, 15) is 18.3 Å². The van der Waals surface area contributed by atoms with Gasteiger partial charge >= 0.3 is 0 Å². The Bertz CT molecular complexity index is 963. The van der Waals surface area contributed by atoms with E-state index < -0.39 is 22.0 Å². The molecule has 2 rings (SSSR count). The van der Waals surface area contributed by atoms with E-state index in [-0.39, 0.29) is 29.4 Å². The molecule has 164 valence electrons. The van der Waals surface area contributed by atoms with Gasteiger partial charge in [-0.1, -0.05) is 13.3 Å². The van der Waals surface area contributed by atoms with E-state index in [1.165, 1.54) is 24.3 Å². The molecular weight excluding hydrogens is 408 g/mol. The van der Waals surface area contributed by atoms with Gasteiger partial charge in [0, 0.05) is 31.1 Å². The first-order valence-corrected chi connectivity index (χ1v) is 11.2. The Balaban J connectivity index is 2.34.